The summed E-state index contributed by atoms with van der Waals surface area (Å²) in [6.45, 7) is 0.227. The molecule has 3 aromatic rings. The molecule has 10 heteroatoms. The second-order valence-electron chi connectivity index (χ2n) is 6.85. The molecule has 0 atom stereocenters. The lowest BCUT2D eigenvalue weighted by Crippen LogP contribution is -2.40. The van der Waals surface area contributed by atoms with E-state index >= 15 is 0 Å². The number of furan rings is 1. The molecule has 1 saturated heterocycles. The third-order valence-electron chi connectivity index (χ3n) is 4.74. The van der Waals surface area contributed by atoms with E-state index in [1.807, 2.05) is 0 Å². The molecule has 4 rings (SSSR count). The lowest BCUT2D eigenvalue weighted by Gasteiger charge is -2.32. The molecule has 1 aliphatic rings. The molecule has 154 valence electrons. The molecule has 0 radical (unpaired) electrons. The standard InChI is InChI=1S/C19H17F5N4O/c20-18(21)7-9-28(10-8-18)17-26-14-4-2-1-3-13(14)16(27-17)25-11-12-5-6-15(29-12)19(22,23)24/h1-6H,7-11H2,(H,25,26,27). The van der Waals surface area contributed by atoms with E-state index in [1.165, 1.54) is 6.07 Å². The number of aromatic nitrogens is 2. The third kappa shape index (κ3) is 4.25. The maximum absolute atomic E-state index is 13.4. The predicted octanol–water partition coefficient (Wildman–Crippen LogP) is 5.09. The molecular formula is C19H17F5N4O. The quantitative estimate of drug-likeness (QED) is 0.605. The Kier molecular flexibility index (Phi) is 4.79. The highest BCUT2D eigenvalue weighted by atomic mass is 19.4. The van der Waals surface area contributed by atoms with E-state index in [9.17, 15) is 22.0 Å². The highest BCUT2D eigenvalue weighted by Gasteiger charge is 2.35. The maximum atomic E-state index is 13.4. The lowest BCUT2D eigenvalue weighted by molar-refractivity contribution is -0.153. The second-order valence-corrected chi connectivity index (χ2v) is 6.85. The summed E-state index contributed by atoms with van der Waals surface area (Å²) in [5, 5.41) is 3.65. The van der Waals surface area contributed by atoms with Gasteiger partial charge in [0.1, 0.15) is 11.6 Å². The van der Waals surface area contributed by atoms with Gasteiger partial charge in [0.2, 0.25) is 11.7 Å². The fourth-order valence-electron chi connectivity index (χ4n) is 3.17. The van der Waals surface area contributed by atoms with Gasteiger partial charge in [0.15, 0.2) is 0 Å². The molecule has 0 amide bonds. The third-order valence-corrected chi connectivity index (χ3v) is 4.74. The molecule has 2 aromatic heterocycles. The zero-order valence-corrected chi connectivity index (χ0v) is 15.1. The van der Waals surface area contributed by atoms with Crippen molar-refractivity contribution in [3.8, 4) is 0 Å². The first-order valence-corrected chi connectivity index (χ1v) is 9.01. The van der Waals surface area contributed by atoms with Crippen LogP contribution >= 0.6 is 0 Å². The zero-order valence-electron chi connectivity index (χ0n) is 15.1. The van der Waals surface area contributed by atoms with Crippen molar-refractivity contribution in [1.29, 1.82) is 0 Å². The number of hydrogen-bond acceptors (Lipinski definition) is 5. The fourth-order valence-corrected chi connectivity index (χ4v) is 3.17. The largest absolute Gasteiger partial charge is 0.455 e. The van der Waals surface area contributed by atoms with Crippen molar-refractivity contribution in [2.75, 3.05) is 23.3 Å². The van der Waals surface area contributed by atoms with Gasteiger partial charge in [-0.1, -0.05) is 12.1 Å². The molecular weight excluding hydrogens is 395 g/mol. The maximum Gasteiger partial charge on any atom is 0.449 e. The van der Waals surface area contributed by atoms with Gasteiger partial charge in [-0.2, -0.15) is 18.2 Å². The molecule has 0 unspecified atom stereocenters. The molecule has 1 N–H and O–H groups in total. The first-order valence-electron chi connectivity index (χ1n) is 9.01. The van der Waals surface area contributed by atoms with E-state index < -0.39 is 17.9 Å². The Morgan fingerprint density at radius 1 is 1.03 bits per heavy atom. The highest BCUT2D eigenvalue weighted by molar-refractivity contribution is 5.90. The molecule has 1 aromatic carbocycles. The molecule has 5 nitrogen and oxygen atoms in total. The monoisotopic (exact) mass is 412 g/mol. The van der Waals surface area contributed by atoms with Crippen molar-refractivity contribution in [3.05, 3.63) is 47.9 Å². The number of fused-ring (bicyclic) bond motifs is 1. The van der Waals surface area contributed by atoms with Gasteiger partial charge in [0.05, 0.1) is 12.1 Å². The molecule has 3 heterocycles. The Bertz CT molecular complexity index is 1010. The molecule has 29 heavy (non-hydrogen) atoms. The minimum absolute atomic E-state index is 0.0192. The van der Waals surface area contributed by atoms with Crippen LogP contribution in [-0.2, 0) is 12.7 Å². The van der Waals surface area contributed by atoms with Crippen LogP contribution in [0.2, 0.25) is 0 Å². The number of benzene rings is 1. The molecule has 0 spiro atoms. The van der Waals surface area contributed by atoms with Crippen LogP contribution in [0.4, 0.5) is 33.7 Å². The van der Waals surface area contributed by atoms with E-state index in [0.717, 1.165) is 6.07 Å². The van der Waals surface area contributed by atoms with Crippen molar-refractivity contribution in [1.82, 2.24) is 9.97 Å². The van der Waals surface area contributed by atoms with Gasteiger partial charge in [0.25, 0.3) is 5.92 Å². The molecule has 0 aliphatic carbocycles. The number of rotatable bonds is 4. The number of para-hydroxylation sites is 1. The zero-order chi connectivity index (χ0) is 20.6. The number of nitrogens with zero attached hydrogens (tertiary/aromatic N) is 3. The summed E-state index contributed by atoms with van der Waals surface area (Å²) in [6.07, 6.45) is -5.11. The topological polar surface area (TPSA) is 54.2 Å². The van der Waals surface area contributed by atoms with Gasteiger partial charge in [-0.05, 0) is 24.3 Å². The Labute approximate surface area is 162 Å². The van der Waals surface area contributed by atoms with Crippen LogP contribution < -0.4 is 10.2 Å². The van der Waals surface area contributed by atoms with Gasteiger partial charge >= 0.3 is 6.18 Å². The number of alkyl halides is 5. The summed E-state index contributed by atoms with van der Waals surface area (Å²) in [5.41, 5.74) is 0.604. The lowest BCUT2D eigenvalue weighted by atomic mass is 10.1. The van der Waals surface area contributed by atoms with Crippen LogP contribution in [0.25, 0.3) is 10.9 Å². The van der Waals surface area contributed by atoms with E-state index in [0.29, 0.717) is 22.7 Å². The van der Waals surface area contributed by atoms with Gasteiger partial charge in [-0.3, -0.25) is 0 Å². The van der Waals surface area contributed by atoms with E-state index in [-0.39, 0.29) is 38.2 Å². The first kappa shape index (κ1) is 19.4. The van der Waals surface area contributed by atoms with E-state index in [4.69, 9.17) is 4.42 Å². The number of anilines is 2. The second kappa shape index (κ2) is 7.16. The Morgan fingerprint density at radius 2 is 1.76 bits per heavy atom. The van der Waals surface area contributed by atoms with Crippen molar-refractivity contribution in [2.45, 2.75) is 31.5 Å². The summed E-state index contributed by atoms with van der Waals surface area (Å²) >= 11 is 0. The normalized spacial score (nSPS) is 16.9. The first-order chi connectivity index (χ1) is 13.7. The van der Waals surface area contributed by atoms with Crippen molar-refractivity contribution >= 4 is 22.7 Å². The fraction of sp³-hybridized carbons (Fsp3) is 0.368. The SMILES string of the molecule is FC1(F)CCN(c2nc(NCc3ccc(C(F)(F)F)o3)c3ccccc3n2)CC1. The number of nitrogens with one attached hydrogen (secondary N) is 1. The van der Waals surface area contributed by atoms with Crippen LogP contribution in [0.5, 0.6) is 0 Å². The molecule has 0 bridgehead atoms. The molecule has 1 fully saturated rings. The van der Waals surface area contributed by atoms with Crippen molar-refractivity contribution in [2.24, 2.45) is 0 Å². The van der Waals surface area contributed by atoms with E-state index in [1.54, 1.807) is 29.2 Å². The summed E-state index contributed by atoms with van der Waals surface area (Å²) in [5.74, 6) is -2.97. The average Bonchev–Trinajstić information content (AvgIpc) is 3.15. The highest BCUT2D eigenvalue weighted by Crippen LogP contribution is 2.32. The van der Waals surface area contributed by atoms with Crippen LogP contribution in [0, 0.1) is 0 Å². The smallest absolute Gasteiger partial charge is 0.449 e. The summed E-state index contributed by atoms with van der Waals surface area (Å²) in [4.78, 5) is 10.6. The van der Waals surface area contributed by atoms with Gasteiger partial charge < -0.3 is 14.6 Å². The Hall–Kier alpha value is -2.91. The van der Waals surface area contributed by atoms with Crippen molar-refractivity contribution < 1.29 is 26.4 Å². The molecule has 1 aliphatic heterocycles. The number of halogens is 5. The summed E-state index contributed by atoms with van der Waals surface area (Å²) < 4.78 is 69.8. The van der Waals surface area contributed by atoms with E-state index in [2.05, 4.69) is 15.3 Å². The van der Waals surface area contributed by atoms with Crippen molar-refractivity contribution in [3.63, 3.8) is 0 Å². The van der Waals surface area contributed by atoms with Crippen LogP contribution in [-0.4, -0.2) is 29.0 Å². The number of piperidine rings is 1. The minimum atomic E-state index is -4.55. The minimum Gasteiger partial charge on any atom is -0.455 e. The van der Waals surface area contributed by atoms with Crippen LogP contribution in [0.15, 0.2) is 40.8 Å². The van der Waals surface area contributed by atoms with Gasteiger partial charge in [-0.15, -0.1) is 0 Å². The van der Waals surface area contributed by atoms with Crippen LogP contribution in [0.1, 0.15) is 24.4 Å². The summed E-state index contributed by atoms with van der Waals surface area (Å²) in [6, 6.07) is 9.22. The number of hydrogen-bond donors (Lipinski definition) is 1. The Morgan fingerprint density at radius 3 is 2.45 bits per heavy atom. The predicted molar refractivity (Wildman–Crippen MR) is 97.0 cm³/mol. The summed E-state index contributed by atoms with van der Waals surface area (Å²) in [7, 11) is 0. The van der Waals surface area contributed by atoms with Gasteiger partial charge in [-0.25, -0.2) is 13.8 Å². The average molecular weight is 412 g/mol. The molecule has 0 saturated carbocycles. The Balaban J connectivity index is 1.59. The van der Waals surface area contributed by atoms with Gasteiger partial charge in [0, 0.05) is 31.3 Å². The van der Waals surface area contributed by atoms with Crippen LogP contribution in [0.3, 0.4) is 0 Å².